The number of hydrogen-bond donors (Lipinski definition) is 1. The summed E-state index contributed by atoms with van der Waals surface area (Å²) in [5.41, 5.74) is 0.798. The summed E-state index contributed by atoms with van der Waals surface area (Å²) in [6, 6.07) is 5.95. The van der Waals surface area contributed by atoms with Crippen molar-refractivity contribution in [2.24, 2.45) is 5.92 Å². The van der Waals surface area contributed by atoms with Crippen LogP contribution in [0.4, 0.5) is 0 Å². The van der Waals surface area contributed by atoms with E-state index in [0.717, 1.165) is 41.0 Å². The molecule has 1 aromatic carbocycles. The zero-order chi connectivity index (χ0) is 14.2. The molecule has 1 spiro atoms. The van der Waals surface area contributed by atoms with Crippen LogP contribution in [0.3, 0.4) is 0 Å². The SMILES string of the molecule is CCC1CCCC2(CC1)C[C@@H](O)c1ccc(Br)cc1O2. The molecule has 3 heteroatoms. The molecular weight excluding hydrogens is 316 g/mol. The molecular formula is C17H23BrO2. The van der Waals surface area contributed by atoms with Crippen molar-refractivity contribution in [3.63, 3.8) is 0 Å². The fourth-order valence-corrected chi connectivity index (χ4v) is 4.11. The lowest BCUT2D eigenvalue weighted by Crippen LogP contribution is -2.40. The molecule has 2 unspecified atom stereocenters. The van der Waals surface area contributed by atoms with Crippen LogP contribution in [0.25, 0.3) is 0 Å². The molecule has 110 valence electrons. The lowest BCUT2D eigenvalue weighted by molar-refractivity contribution is -0.0251. The van der Waals surface area contributed by atoms with Crippen molar-refractivity contribution >= 4 is 15.9 Å². The second-order valence-electron chi connectivity index (χ2n) is 6.39. The minimum absolute atomic E-state index is 0.142. The third-order valence-electron chi connectivity index (χ3n) is 5.06. The number of hydrogen-bond acceptors (Lipinski definition) is 2. The van der Waals surface area contributed by atoms with E-state index in [1.807, 2.05) is 18.2 Å². The first-order valence-corrected chi connectivity index (χ1v) is 8.58. The minimum atomic E-state index is -0.384. The highest BCUT2D eigenvalue weighted by atomic mass is 79.9. The summed E-state index contributed by atoms with van der Waals surface area (Å²) in [7, 11) is 0. The summed E-state index contributed by atoms with van der Waals surface area (Å²) in [5.74, 6) is 1.70. The van der Waals surface area contributed by atoms with E-state index in [-0.39, 0.29) is 11.7 Å². The summed E-state index contributed by atoms with van der Waals surface area (Å²) in [6.45, 7) is 2.28. The molecule has 0 aromatic heterocycles. The normalized spacial score (nSPS) is 33.4. The lowest BCUT2D eigenvalue weighted by Gasteiger charge is -2.40. The monoisotopic (exact) mass is 338 g/mol. The van der Waals surface area contributed by atoms with Gasteiger partial charge >= 0.3 is 0 Å². The van der Waals surface area contributed by atoms with Crippen molar-refractivity contribution in [1.29, 1.82) is 0 Å². The molecule has 1 aromatic rings. The van der Waals surface area contributed by atoms with Crippen LogP contribution in [0.1, 0.15) is 63.5 Å². The van der Waals surface area contributed by atoms with E-state index in [0.29, 0.717) is 0 Å². The van der Waals surface area contributed by atoms with Crippen LogP contribution < -0.4 is 4.74 Å². The number of rotatable bonds is 1. The van der Waals surface area contributed by atoms with Crippen molar-refractivity contribution in [3.8, 4) is 5.75 Å². The number of fused-ring (bicyclic) bond motifs is 1. The van der Waals surface area contributed by atoms with Crippen LogP contribution in [0.2, 0.25) is 0 Å². The maximum absolute atomic E-state index is 10.5. The first-order valence-electron chi connectivity index (χ1n) is 7.78. The van der Waals surface area contributed by atoms with E-state index in [2.05, 4.69) is 22.9 Å². The molecule has 3 rings (SSSR count). The van der Waals surface area contributed by atoms with Crippen LogP contribution >= 0.6 is 15.9 Å². The molecule has 0 saturated heterocycles. The summed E-state index contributed by atoms with van der Waals surface area (Å²) >= 11 is 3.50. The predicted octanol–water partition coefficient (Wildman–Crippen LogP) is 4.99. The zero-order valence-electron chi connectivity index (χ0n) is 12.1. The van der Waals surface area contributed by atoms with Gasteiger partial charge in [0.25, 0.3) is 0 Å². The molecule has 3 atom stereocenters. The van der Waals surface area contributed by atoms with Gasteiger partial charge in [-0.05, 0) is 43.7 Å². The van der Waals surface area contributed by atoms with Gasteiger partial charge in [-0.3, -0.25) is 0 Å². The van der Waals surface area contributed by atoms with Gasteiger partial charge in [0.15, 0.2) is 0 Å². The van der Waals surface area contributed by atoms with E-state index in [1.165, 1.54) is 25.7 Å². The molecule has 1 saturated carbocycles. The summed E-state index contributed by atoms with van der Waals surface area (Å²) in [4.78, 5) is 0. The Balaban J connectivity index is 1.86. The van der Waals surface area contributed by atoms with E-state index < -0.39 is 0 Å². The molecule has 0 radical (unpaired) electrons. The Labute approximate surface area is 129 Å². The van der Waals surface area contributed by atoms with Gasteiger partial charge in [-0.2, -0.15) is 0 Å². The smallest absolute Gasteiger partial charge is 0.127 e. The molecule has 1 heterocycles. The molecule has 20 heavy (non-hydrogen) atoms. The average Bonchev–Trinajstić information content (AvgIpc) is 2.60. The third-order valence-corrected chi connectivity index (χ3v) is 5.55. The van der Waals surface area contributed by atoms with Gasteiger partial charge in [0.2, 0.25) is 0 Å². The Morgan fingerprint density at radius 3 is 3.00 bits per heavy atom. The van der Waals surface area contributed by atoms with Gasteiger partial charge in [-0.25, -0.2) is 0 Å². The number of ether oxygens (including phenoxy) is 1. The Kier molecular flexibility index (Phi) is 4.09. The van der Waals surface area contributed by atoms with Crippen LogP contribution in [0.15, 0.2) is 22.7 Å². The fraction of sp³-hybridized carbons (Fsp3) is 0.647. The van der Waals surface area contributed by atoms with Crippen LogP contribution in [0, 0.1) is 5.92 Å². The summed E-state index contributed by atoms with van der Waals surface area (Å²) in [6.07, 6.45) is 7.54. The molecule has 1 aliphatic heterocycles. The minimum Gasteiger partial charge on any atom is -0.487 e. The van der Waals surface area contributed by atoms with Gasteiger partial charge in [0.05, 0.1) is 6.10 Å². The number of aliphatic hydroxyl groups excluding tert-OH is 1. The maximum atomic E-state index is 10.5. The van der Waals surface area contributed by atoms with Crippen LogP contribution in [0.5, 0.6) is 5.75 Å². The first-order chi connectivity index (χ1) is 9.62. The summed E-state index contributed by atoms with van der Waals surface area (Å²) < 4.78 is 7.41. The molecule has 0 amide bonds. The van der Waals surface area contributed by atoms with E-state index in [1.54, 1.807) is 0 Å². The molecule has 2 aliphatic rings. The fourth-order valence-electron chi connectivity index (χ4n) is 3.77. The first kappa shape index (κ1) is 14.4. The molecule has 1 fully saturated rings. The number of halogens is 1. The van der Waals surface area contributed by atoms with Crippen molar-refractivity contribution in [2.45, 2.75) is 63.6 Å². The van der Waals surface area contributed by atoms with Gasteiger partial charge in [0.1, 0.15) is 11.4 Å². The number of benzene rings is 1. The van der Waals surface area contributed by atoms with Gasteiger partial charge < -0.3 is 9.84 Å². The Bertz CT molecular complexity index is 488. The summed E-state index contributed by atoms with van der Waals surface area (Å²) in [5, 5.41) is 10.5. The van der Waals surface area contributed by atoms with E-state index in [4.69, 9.17) is 4.74 Å². The Morgan fingerprint density at radius 1 is 1.35 bits per heavy atom. The van der Waals surface area contributed by atoms with Crippen molar-refractivity contribution in [1.82, 2.24) is 0 Å². The second-order valence-corrected chi connectivity index (χ2v) is 7.31. The van der Waals surface area contributed by atoms with Gasteiger partial charge in [0, 0.05) is 16.5 Å². The van der Waals surface area contributed by atoms with Crippen molar-refractivity contribution < 1.29 is 9.84 Å². The topological polar surface area (TPSA) is 29.5 Å². The maximum Gasteiger partial charge on any atom is 0.127 e. The molecule has 2 nitrogen and oxygen atoms in total. The molecule has 1 N–H and O–H groups in total. The zero-order valence-corrected chi connectivity index (χ0v) is 13.7. The van der Waals surface area contributed by atoms with E-state index in [9.17, 15) is 5.11 Å². The largest absolute Gasteiger partial charge is 0.487 e. The van der Waals surface area contributed by atoms with Crippen LogP contribution in [-0.2, 0) is 0 Å². The lowest BCUT2D eigenvalue weighted by atomic mass is 9.83. The standard InChI is InChI=1S/C17H23BrO2/c1-2-12-4-3-8-17(9-7-12)11-15(19)14-6-5-13(18)10-16(14)20-17/h5-6,10,12,15,19H,2-4,7-9,11H2,1H3/t12?,15-,17?/m1/s1. The Hall–Kier alpha value is -0.540. The highest BCUT2D eigenvalue weighted by molar-refractivity contribution is 9.10. The molecule has 0 bridgehead atoms. The van der Waals surface area contributed by atoms with Crippen molar-refractivity contribution in [2.75, 3.05) is 0 Å². The van der Waals surface area contributed by atoms with Gasteiger partial charge in [-0.15, -0.1) is 0 Å². The quantitative estimate of drug-likeness (QED) is 0.781. The van der Waals surface area contributed by atoms with Crippen LogP contribution in [-0.4, -0.2) is 10.7 Å². The Morgan fingerprint density at radius 2 is 2.20 bits per heavy atom. The molecule has 1 aliphatic carbocycles. The van der Waals surface area contributed by atoms with E-state index >= 15 is 0 Å². The van der Waals surface area contributed by atoms with Gasteiger partial charge in [-0.1, -0.05) is 41.8 Å². The highest BCUT2D eigenvalue weighted by Gasteiger charge is 2.41. The van der Waals surface area contributed by atoms with Crippen molar-refractivity contribution in [3.05, 3.63) is 28.2 Å². The third kappa shape index (κ3) is 2.75. The second kappa shape index (κ2) is 5.69. The predicted molar refractivity (Wildman–Crippen MR) is 83.9 cm³/mol. The number of aliphatic hydroxyl groups is 1. The highest BCUT2D eigenvalue weighted by Crippen LogP contribution is 2.47. The average molecular weight is 339 g/mol.